The van der Waals surface area contributed by atoms with Gasteiger partial charge in [-0.15, -0.1) is 0 Å². The Bertz CT molecular complexity index is 1110. The van der Waals surface area contributed by atoms with Crippen LogP contribution >= 0.6 is 11.8 Å². The third kappa shape index (κ3) is 8.27. The molecule has 36 heavy (non-hydrogen) atoms. The Hall–Kier alpha value is -3.58. The second kappa shape index (κ2) is 13.5. The molecule has 13 heteroatoms. The molecule has 0 bridgehead atoms. The van der Waals surface area contributed by atoms with Crippen molar-refractivity contribution >= 4 is 52.3 Å². The standard InChI is InChI=1S/C23H32N6O6S/c1-12(27-21(32)15(24)10-19(25)30)20(31)29-18(22(33)28-17(23(34)35)7-8-36-2)9-13-11-26-16-6-4-3-5-14(13)16/h3-6,11-12,15,17-18,26H,7-10,24H2,1-2H3,(H2,25,30)(H,27,32)(H,28,33)(H,29,31)(H,34,35). The highest BCUT2D eigenvalue weighted by atomic mass is 32.2. The normalized spacial score (nSPS) is 14.3. The van der Waals surface area contributed by atoms with Gasteiger partial charge in [-0.2, -0.15) is 11.8 Å². The van der Waals surface area contributed by atoms with E-state index in [1.54, 1.807) is 6.20 Å². The van der Waals surface area contributed by atoms with Gasteiger partial charge in [-0.3, -0.25) is 19.2 Å². The minimum Gasteiger partial charge on any atom is -0.480 e. The van der Waals surface area contributed by atoms with Crippen LogP contribution in [0, 0.1) is 0 Å². The van der Waals surface area contributed by atoms with Crippen molar-refractivity contribution in [3.63, 3.8) is 0 Å². The van der Waals surface area contributed by atoms with E-state index in [0.717, 1.165) is 16.5 Å². The molecule has 0 aliphatic carbocycles. The number of primary amides is 1. The molecule has 1 aromatic carbocycles. The van der Waals surface area contributed by atoms with Crippen molar-refractivity contribution in [3.05, 3.63) is 36.0 Å². The second-order valence-corrected chi connectivity index (χ2v) is 9.30. The zero-order valence-corrected chi connectivity index (χ0v) is 20.9. The number of carboxylic acids is 1. The van der Waals surface area contributed by atoms with Crippen molar-refractivity contribution in [1.82, 2.24) is 20.9 Å². The number of carbonyl (C=O) groups excluding carboxylic acids is 4. The maximum absolute atomic E-state index is 13.1. The molecule has 0 radical (unpaired) electrons. The third-order valence-corrected chi connectivity index (χ3v) is 6.11. The molecule has 2 aromatic rings. The number of hydrogen-bond donors (Lipinski definition) is 7. The highest BCUT2D eigenvalue weighted by Gasteiger charge is 2.29. The molecular weight excluding hydrogens is 488 g/mol. The maximum Gasteiger partial charge on any atom is 0.326 e. The predicted octanol–water partition coefficient (Wildman–Crippen LogP) is -0.775. The van der Waals surface area contributed by atoms with E-state index in [2.05, 4.69) is 20.9 Å². The number of rotatable bonds is 14. The van der Waals surface area contributed by atoms with E-state index in [1.807, 2.05) is 30.5 Å². The van der Waals surface area contributed by atoms with E-state index in [0.29, 0.717) is 5.75 Å². The van der Waals surface area contributed by atoms with Crippen LogP contribution in [-0.2, 0) is 30.4 Å². The SMILES string of the molecule is CSCCC(NC(=O)C(Cc1c[nH]c2ccccc12)NC(=O)C(C)NC(=O)C(N)CC(N)=O)C(=O)O. The average molecular weight is 521 g/mol. The van der Waals surface area contributed by atoms with Gasteiger partial charge in [-0.1, -0.05) is 18.2 Å². The summed E-state index contributed by atoms with van der Waals surface area (Å²) in [5.41, 5.74) is 12.2. The Morgan fingerprint density at radius 1 is 1.03 bits per heavy atom. The summed E-state index contributed by atoms with van der Waals surface area (Å²) in [4.78, 5) is 63.9. The molecular formula is C23H32N6O6S. The molecule has 4 amide bonds. The van der Waals surface area contributed by atoms with E-state index in [-0.39, 0.29) is 12.8 Å². The highest BCUT2D eigenvalue weighted by molar-refractivity contribution is 7.98. The van der Waals surface area contributed by atoms with E-state index in [4.69, 9.17) is 11.5 Å². The second-order valence-electron chi connectivity index (χ2n) is 8.31. The van der Waals surface area contributed by atoms with Crippen LogP contribution in [0.2, 0.25) is 0 Å². The van der Waals surface area contributed by atoms with Crippen LogP contribution in [0.1, 0.15) is 25.3 Å². The van der Waals surface area contributed by atoms with E-state index in [1.165, 1.54) is 18.7 Å². The summed E-state index contributed by atoms with van der Waals surface area (Å²) in [6, 6.07) is 2.83. The molecule has 2 rings (SSSR count). The molecule has 4 atom stereocenters. The van der Waals surface area contributed by atoms with Crippen molar-refractivity contribution in [2.75, 3.05) is 12.0 Å². The predicted molar refractivity (Wildman–Crippen MR) is 136 cm³/mol. The van der Waals surface area contributed by atoms with Gasteiger partial charge in [0.05, 0.1) is 12.5 Å². The average Bonchev–Trinajstić information content (AvgIpc) is 3.23. The molecule has 0 aliphatic heterocycles. The number of aromatic amines is 1. The van der Waals surface area contributed by atoms with E-state index >= 15 is 0 Å². The minimum atomic E-state index is -1.23. The highest BCUT2D eigenvalue weighted by Crippen LogP contribution is 2.19. The summed E-state index contributed by atoms with van der Waals surface area (Å²) < 4.78 is 0. The number of para-hydroxylation sites is 1. The number of benzene rings is 1. The lowest BCUT2D eigenvalue weighted by Gasteiger charge is -2.23. The monoisotopic (exact) mass is 520 g/mol. The summed E-state index contributed by atoms with van der Waals surface area (Å²) in [5.74, 6) is -3.54. The van der Waals surface area contributed by atoms with Crippen molar-refractivity contribution in [2.45, 2.75) is 50.4 Å². The molecule has 1 heterocycles. The molecule has 1 aromatic heterocycles. The quantitative estimate of drug-likeness (QED) is 0.168. The van der Waals surface area contributed by atoms with Crippen molar-refractivity contribution in [3.8, 4) is 0 Å². The number of amides is 4. The van der Waals surface area contributed by atoms with Gasteiger partial charge in [0.25, 0.3) is 0 Å². The van der Waals surface area contributed by atoms with Crippen molar-refractivity contribution in [2.24, 2.45) is 11.5 Å². The Balaban J connectivity index is 2.20. The topological polar surface area (TPSA) is 210 Å². The lowest BCUT2D eigenvalue weighted by molar-refractivity contribution is -0.142. The van der Waals surface area contributed by atoms with Crippen LogP contribution in [0.5, 0.6) is 0 Å². The third-order valence-electron chi connectivity index (χ3n) is 5.47. The first-order valence-electron chi connectivity index (χ1n) is 11.2. The van der Waals surface area contributed by atoms with Gasteiger partial charge < -0.3 is 37.5 Å². The Labute approximate surface area is 212 Å². The number of aromatic nitrogens is 1. The fourth-order valence-electron chi connectivity index (χ4n) is 3.49. The minimum absolute atomic E-state index is 0.0678. The van der Waals surface area contributed by atoms with Gasteiger partial charge in [0.1, 0.15) is 18.1 Å². The number of hydrogen-bond acceptors (Lipinski definition) is 7. The van der Waals surface area contributed by atoms with Crippen LogP contribution in [0.3, 0.4) is 0 Å². The lowest BCUT2D eigenvalue weighted by Crippen LogP contribution is -2.57. The summed E-state index contributed by atoms with van der Waals surface area (Å²) in [6.07, 6.45) is 3.43. The summed E-state index contributed by atoms with van der Waals surface area (Å²) in [5, 5.41) is 17.8. The Morgan fingerprint density at radius 3 is 2.33 bits per heavy atom. The van der Waals surface area contributed by atoms with Gasteiger partial charge in [-0.25, -0.2) is 4.79 Å². The van der Waals surface area contributed by atoms with Gasteiger partial charge in [-0.05, 0) is 37.0 Å². The van der Waals surface area contributed by atoms with Gasteiger partial charge in [0.15, 0.2) is 0 Å². The molecule has 0 saturated carbocycles. The fraction of sp³-hybridized carbons (Fsp3) is 0.435. The zero-order chi connectivity index (χ0) is 26.8. The first-order chi connectivity index (χ1) is 17.0. The van der Waals surface area contributed by atoms with Gasteiger partial charge in [0, 0.05) is 23.5 Å². The lowest BCUT2D eigenvalue weighted by atomic mass is 10.0. The molecule has 4 unspecified atom stereocenters. The van der Waals surface area contributed by atoms with Crippen LogP contribution < -0.4 is 27.4 Å². The number of fused-ring (bicyclic) bond motifs is 1. The van der Waals surface area contributed by atoms with Crippen LogP contribution in [0.25, 0.3) is 10.9 Å². The molecule has 12 nitrogen and oxygen atoms in total. The molecule has 0 aliphatic rings. The summed E-state index contributed by atoms with van der Waals surface area (Å²) in [6.45, 7) is 1.39. The molecule has 9 N–H and O–H groups in total. The number of nitrogens with one attached hydrogen (secondary N) is 4. The van der Waals surface area contributed by atoms with Crippen molar-refractivity contribution < 1.29 is 29.1 Å². The number of thioether (sulfide) groups is 1. The molecule has 0 saturated heterocycles. The van der Waals surface area contributed by atoms with Gasteiger partial charge in [0.2, 0.25) is 23.6 Å². The largest absolute Gasteiger partial charge is 0.480 e. The fourth-order valence-corrected chi connectivity index (χ4v) is 3.96. The summed E-state index contributed by atoms with van der Waals surface area (Å²) in [7, 11) is 0. The maximum atomic E-state index is 13.1. The first kappa shape index (κ1) is 28.7. The van der Waals surface area contributed by atoms with Crippen LogP contribution in [-0.4, -0.2) is 75.9 Å². The number of carboxylic acid groups (broad SMARTS) is 1. The Morgan fingerprint density at radius 2 is 1.69 bits per heavy atom. The van der Waals surface area contributed by atoms with E-state index in [9.17, 15) is 29.1 Å². The smallest absolute Gasteiger partial charge is 0.326 e. The number of nitrogens with two attached hydrogens (primary N) is 2. The first-order valence-corrected chi connectivity index (χ1v) is 12.6. The molecule has 196 valence electrons. The number of H-pyrrole nitrogens is 1. The van der Waals surface area contributed by atoms with Crippen LogP contribution in [0.15, 0.2) is 30.5 Å². The zero-order valence-electron chi connectivity index (χ0n) is 20.1. The number of aliphatic carboxylic acids is 1. The van der Waals surface area contributed by atoms with Crippen molar-refractivity contribution in [1.29, 1.82) is 0 Å². The van der Waals surface area contributed by atoms with Gasteiger partial charge >= 0.3 is 5.97 Å². The number of carbonyl (C=O) groups is 5. The van der Waals surface area contributed by atoms with Crippen LogP contribution in [0.4, 0.5) is 0 Å². The molecule has 0 spiro atoms. The van der Waals surface area contributed by atoms with E-state index < -0.39 is 60.2 Å². The molecule has 0 fully saturated rings. The Kier molecular flexibility index (Phi) is 10.7. The summed E-state index contributed by atoms with van der Waals surface area (Å²) >= 11 is 1.45.